The monoisotopic (exact) mass is 412 g/mol. The molecule has 1 aliphatic carbocycles. The molecule has 0 atom stereocenters. The molecule has 124 valence electrons. The number of allylic oxidation sites excluding steroid dienone is 4. The summed E-state index contributed by atoms with van der Waals surface area (Å²) in [6, 6.07) is 21.8. The fraction of sp³-hybridized carbons (Fsp3) is 0.200. The summed E-state index contributed by atoms with van der Waals surface area (Å²) in [5, 5.41) is 0. The van der Waals surface area contributed by atoms with Gasteiger partial charge in [-0.05, 0) is 0 Å². The second-order valence-corrected chi connectivity index (χ2v) is 6.22. The molecule has 2 aromatic rings. The van der Waals surface area contributed by atoms with E-state index in [1.54, 1.807) is 5.57 Å². The average molecular weight is 414 g/mol. The summed E-state index contributed by atoms with van der Waals surface area (Å²) < 4.78 is 1.50. The predicted octanol–water partition coefficient (Wildman–Crippen LogP) is -3.63. The minimum atomic E-state index is 0. The molecule has 0 aliphatic heterocycles. The van der Waals surface area contributed by atoms with Crippen LogP contribution in [0.4, 0.5) is 0 Å². The van der Waals surface area contributed by atoms with Gasteiger partial charge in [0, 0.05) is 0 Å². The smallest absolute Gasteiger partial charge is 1.00 e. The van der Waals surface area contributed by atoms with Crippen molar-refractivity contribution in [3.63, 3.8) is 0 Å². The third kappa shape index (κ3) is 5.00. The summed E-state index contributed by atoms with van der Waals surface area (Å²) >= 11 is 2.29. The minimum absolute atomic E-state index is 0. The molecule has 0 heterocycles. The molecule has 1 aliphatic rings. The molecule has 0 unspecified atom stereocenters. The first-order valence-electron chi connectivity index (χ1n) is 7.55. The Labute approximate surface area is 175 Å². The van der Waals surface area contributed by atoms with E-state index in [-0.39, 0.29) is 37.2 Å². The van der Waals surface area contributed by atoms with Gasteiger partial charge in [-0.1, -0.05) is 0 Å². The van der Waals surface area contributed by atoms with Gasteiger partial charge < -0.3 is 37.2 Å². The van der Waals surface area contributed by atoms with Crippen LogP contribution in [-0.2, 0) is 20.4 Å². The van der Waals surface area contributed by atoms with Crippen LogP contribution in [0, 0.1) is 0 Å². The molecular formula is C20H19Cl3Ti. The van der Waals surface area contributed by atoms with Crippen molar-refractivity contribution in [1.82, 2.24) is 0 Å². The summed E-state index contributed by atoms with van der Waals surface area (Å²) in [5.74, 6) is 0.382. The second-order valence-electron chi connectivity index (χ2n) is 5.44. The molecular weight excluding hydrogens is 394 g/mol. The van der Waals surface area contributed by atoms with Crippen molar-refractivity contribution in [2.45, 2.75) is 25.7 Å². The van der Waals surface area contributed by atoms with E-state index in [4.69, 9.17) is 0 Å². The molecule has 0 amide bonds. The maximum absolute atomic E-state index is 2.41. The van der Waals surface area contributed by atoms with E-state index < -0.39 is 0 Å². The fourth-order valence-corrected chi connectivity index (χ4v) is 3.93. The van der Waals surface area contributed by atoms with Crippen LogP contribution in [-0.4, -0.2) is 0 Å². The zero-order valence-electron chi connectivity index (χ0n) is 13.5. The Bertz CT molecular complexity index is 639. The molecule has 24 heavy (non-hydrogen) atoms. The Balaban J connectivity index is 0.00000176. The Morgan fingerprint density at radius 1 is 0.833 bits per heavy atom. The summed E-state index contributed by atoms with van der Waals surface area (Å²) in [6.07, 6.45) is 4.62. The summed E-state index contributed by atoms with van der Waals surface area (Å²) in [7, 11) is 0. The van der Waals surface area contributed by atoms with Crippen molar-refractivity contribution < 1.29 is 57.7 Å². The Morgan fingerprint density at radius 3 is 1.67 bits per heavy atom. The topological polar surface area (TPSA) is 0 Å². The van der Waals surface area contributed by atoms with Gasteiger partial charge in [-0.3, -0.25) is 0 Å². The molecule has 0 aromatic heterocycles. The molecule has 0 fully saturated rings. The number of hydrogen-bond acceptors (Lipinski definition) is 0. The largest absolute Gasteiger partial charge is 1.00 e. The summed E-state index contributed by atoms with van der Waals surface area (Å²) in [6.45, 7) is 2.25. The third-order valence-corrected chi connectivity index (χ3v) is 5.21. The Kier molecular flexibility index (Phi) is 11.0. The van der Waals surface area contributed by atoms with Crippen molar-refractivity contribution in [2.24, 2.45) is 0 Å². The Morgan fingerprint density at radius 2 is 1.29 bits per heavy atom. The number of benzene rings is 2. The average Bonchev–Trinajstić information content (AvgIpc) is 2.91. The van der Waals surface area contributed by atoms with E-state index in [0.29, 0.717) is 5.92 Å². The van der Waals surface area contributed by atoms with Gasteiger partial charge in [0.15, 0.2) is 0 Å². The van der Waals surface area contributed by atoms with Crippen molar-refractivity contribution in [2.75, 3.05) is 0 Å². The SMILES string of the molecule is CCC1=CCC(C(c2ccccc2)c2ccccc2)=[C]1[Ti+3].[Cl-].[Cl-].[Cl-]. The van der Waals surface area contributed by atoms with Crippen LogP contribution >= 0.6 is 0 Å². The van der Waals surface area contributed by atoms with Gasteiger partial charge in [0.1, 0.15) is 0 Å². The molecule has 0 saturated heterocycles. The maximum atomic E-state index is 2.41. The summed E-state index contributed by atoms with van der Waals surface area (Å²) in [5.41, 5.74) is 5.86. The molecule has 0 radical (unpaired) electrons. The standard InChI is InChI=1S/C20H19.3ClH.Ti/c1-2-16-13-14-19(15-16)20(17-9-5-3-6-10-17)18-11-7-4-8-12-18;;;;/h3-13,20H,2,14H2,1H3;3*1H;/q;;;;+3/p-3. The van der Waals surface area contributed by atoms with E-state index in [1.807, 2.05) is 0 Å². The van der Waals surface area contributed by atoms with Gasteiger partial charge in [-0.15, -0.1) is 0 Å². The van der Waals surface area contributed by atoms with Crippen molar-refractivity contribution in [3.05, 3.63) is 92.9 Å². The fourth-order valence-electron chi connectivity index (χ4n) is 3.11. The van der Waals surface area contributed by atoms with Crippen molar-refractivity contribution >= 4 is 0 Å². The first kappa shape index (κ1) is 23.5. The summed E-state index contributed by atoms with van der Waals surface area (Å²) in [4.78, 5) is 0. The molecule has 0 N–H and O–H groups in total. The second kappa shape index (κ2) is 11.2. The normalized spacial score (nSPS) is 12.9. The van der Waals surface area contributed by atoms with E-state index in [9.17, 15) is 0 Å². The molecule has 0 spiro atoms. The minimum Gasteiger partial charge on any atom is -1.00 e. The van der Waals surface area contributed by atoms with Crippen LogP contribution in [0.25, 0.3) is 0 Å². The van der Waals surface area contributed by atoms with Crippen LogP contribution in [0.3, 0.4) is 0 Å². The van der Waals surface area contributed by atoms with Crippen LogP contribution in [0.15, 0.2) is 81.8 Å². The maximum Gasteiger partial charge on any atom is -1.00 e. The first-order valence-corrected chi connectivity index (χ1v) is 8.33. The number of hydrogen-bond donors (Lipinski definition) is 0. The van der Waals surface area contributed by atoms with Gasteiger partial charge in [0.2, 0.25) is 0 Å². The molecule has 4 heteroatoms. The van der Waals surface area contributed by atoms with Crippen LogP contribution in [0.2, 0.25) is 0 Å². The molecule has 0 bridgehead atoms. The van der Waals surface area contributed by atoms with Crippen LogP contribution < -0.4 is 37.2 Å². The molecule has 3 rings (SSSR count). The van der Waals surface area contributed by atoms with Gasteiger partial charge >= 0.3 is 139 Å². The van der Waals surface area contributed by atoms with Gasteiger partial charge in [-0.25, -0.2) is 0 Å². The molecule has 2 aromatic carbocycles. The Hall–Kier alpha value is -0.496. The number of halogens is 3. The van der Waals surface area contributed by atoms with Crippen LogP contribution in [0.5, 0.6) is 0 Å². The van der Waals surface area contributed by atoms with Gasteiger partial charge in [0.25, 0.3) is 0 Å². The zero-order valence-corrected chi connectivity index (χ0v) is 17.3. The molecule has 0 saturated carbocycles. The predicted molar refractivity (Wildman–Crippen MR) is 84.7 cm³/mol. The molecule has 0 nitrogen and oxygen atoms in total. The van der Waals surface area contributed by atoms with Crippen molar-refractivity contribution in [3.8, 4) is 0 Å². The van der Waals surface area contributed by atoms with Crippen LogP contribution in [0.1, 0.15) is 36.8 Å². The van der Waals surface area contributed by atoms with E-state index in [1.165, 1.54) is 20.6 Å². The zero-order chi connectivity index (χ0) is 14.7. The van der Waals surface area contributed by atoms with E-state index in [2.05, 4.69) is 94.1 Å². The third-order valence-electron chi connectivity index (χ3n) is 4.21. The quantitative estimate of drug-likeness (QED) is 0.454. The number of rotatable bonds is 4. The van der Waals surface area contributed by atoms with Gasteiger partial charge in [0.05, 0.1) is 0 Å². The van der Waals surface area contributed by atoms with Crippen molar-refractivity contribution in [1.29, 1.82) is 0 Å². The van der Waals surface area contributed by atoms with E-state index in [0.717, 1.165) is 12.8 Å². The first-order chi connectivity index (χ1) is 10.3. The van der Waals surface area contributed by atoms with E-state index >= 15 is 0 Å². The van der Waals surface area contributed by atoms with Gasteiger partial charge in [-0.2, -0.15) is 0 Å².